The van der Waals surface area contributed by atoms with Gasteiger partial charge in [-0.05, 0) is 43.7 Å². The van der Waals surface area contributed by atoms with Gasteiger partial charge in [-0.2, -0.15) is 0 Å². The van der Waals surface area contributed by atoms with E-state index in [9.17, 15) is 9.59 Å². The Morgan fingerprint density at radius 2 is 1.97 bits per heavy atom. The van der Waals surface area contributed by atoms with Crippen LogP contribution in [0, 0.1) is 5.92 Å². The summed E-state index contributed by atoms with van der Waals surface area (Å²) in [5.74, 6) is 1.11. The van der Waals surface area contributed by atoms with E-state index in [4.69, 9.17) is 9.72 Å². The molecule has 1 saturated carbocycles. The van der Waals surface area contributed by atoms with Gasteiger partial charge in [0.25, 0.3) is 5.56 Å². The average molecular weight is 457 g/mol. The van der Waals surface area contributed by atoms with Crippen LogP contribution >= 0.6 is 0 Å². The summed E-state index contributed by atoms with van der Waals surface area (Å²) in [4.78, 5) is 33.8. The van der Waals surface area contributed by atoms with Gasteiger partial charge in [0.15, 0.2) is 0 Å². The average Bonchev–Trinajstić information content (AvgIpc) is 2.81. The maximum absolute atomic E-state index is 13.5. The summed E-state index contributed by atoms with van der Waals surface area (Å²) in [5, 5.41) is 3.88. The lowest BCUT2D eigenvalue weighted by atomic mass is 9.95. The lowest BCUT2D eigenvalue weighted by Crippen LogP contribution is -2.48. The SMILES string of the molecule is CCC(c1nc2ccccc2c(=O)n1CCOC)N(CCC(C)C)C(=O)NC1CCCCC1. The number of carbonyl (C=O) groups excluding carboxylic acids is 1. The van der Waals surface area contributed by atoms with Gasteiger partial charge in [-0.25, -0.2) is 9.78 Å². The zero-order valence-electron chi connectivity index (χ0n) is 20.7. The second kappa shape index (κ2) is 12.2. The fourth-order valence-electron chi connectivity index (χ4n) is 4.68. The number of ether oxygens (including phenoxy) is 1. The lowest BCUT2D eigenvalue weighted by Gasteiger charge is -2.35. The predicted molar refractivity (Wildman–Crippen MR) is 132 cm³/mol. The van der Waals surface area contributed by atoms with E-state index in [2.05, 4.69) is 26.1 Å². The third kappa shape index (κ3) is 6.34. The maximum atomic E-state index is 13.5. The maximum Gasteiger partial charge on any atom is 0.318 e. The van der Waals surface area contributed by atoms with Crippen molar-refractivity contribution in [1.29, 1.82) is 0 Å². The highest BCUT2D eigenvalue weighted by molar-refractivity contribution is 5.78. The highest BCUT2D eigenvalue weighted by Crippen LogP contribution is 2.26. The van der Waals surface area contributed by atoms with Crippen molar-refractivity contribution in [1.82, 2.24) is 19.8 Å². The highest BCUT2D eigenvalue weighted by Gasteiger charge is 2.30. The molecule has 1 heterocycles. The minimum atomic E-state index is -0.290. The number of aromatic nitrogens is 2. The van der Waals surface area contributed by atoms with E-state index in [0.717, 1.165) is 32.1 Å². The van der Waals surface area contributed by atoms with Crippen LogP contribution in [0.2, 0.25) is 0 Å². The third-order valence-corrected chi connectivity index (χ3v) is 6.61. The number of benzene rings is 1. The zero-order chi connectivity index (χ0) is 23.8. The number of nitrogens with one attached hydrogen (secondary N) is 1. The van der Waals surface area contributed by atoms with Gasteiger partial charge >= 0.3 is 6.03 Å². The molecule has 1 aromatic heterocycles. The Morgan fingerprint density at radius 1 is 1.24 bits per heavy atom. The largest absolute Gasteiger partial charge is 0.383 e. The zero-order valence-corrected chi connectivity index (χ0v) is 20.7. The first-order valence-electron chi connectivity index (χ1n) is 12.5. The normalized spacial score (nSPS) is 15.7. The van der Waals surface area contributed by atoms with Crippen LogP contribution in [0.15, 0.2) is 29.1 Å². The van der Waals surface area contributed by atoms with Crippen LogP contribution in [0.5, 0.6) is 0 Å². The van der Waals surface area contributed by atoms with Crippen molar-refractivity contribution in [2.45, 2.75) is 84.3 Å². The predicted octanol–water partition coefficient (Wildman–Crippen LogP) is 4.88. The molecule has 1 aromatic carbocycles. The number of amides is 2. The summed E-state index contributed by atoms with van der Waals surface area (Å²) in [7, 11) is 1.63. The van der Waals surface area contributed by atoms with Crippen molar-refractivity contribution in [2.24, 2.45) is 5.92 Å². The number of hydrogen-bond donors (Lipinski definition) is 1. The molecule has 2 aromatic rings. The Kier molecular flexibility index (Phi) is 9.30. The Morgan fingerprint density at radius 3 is 2.64 bits per heavy atom. The van der Waals surface area contributed by atoms with Crippen LogP contribution in [0.25, 0.3) is 10.9 Å². The molecule has 0 radical (unpaired) electrons. The van der Waals surface area contributed by atoms with Crippen molar-refractivity contribution in [2.75, 3.05) is 20.3 Å². The Bertz CT molecular complexity index is 966. The van der Waals surface area contributed by atoms with Gasteiger partial charge < -0.3 is 15.0 Å². The number of urea groups is 1. The van der Waals surface area contributed by atoms with Gasteiger partial charge in [0.05, 0.1) is 30.1 Å². The quantitative estimate of drug-likeness (QED) is 0.553. The van der Waals surface area contributed by atoms with E-state index in [-0.39, 0.29) is 23.7 Å². The molecule has 33 heavy (non-hydrogen) atoms. The first-order chi connectivity index (χ1) is 16.0. The molecule has 0 aliphatic heterocycles. The Labute approximate surface area is 197 Å². The second-order valence-corrected chi connectivity index (χ2v) is 9.52. The molecule has 1 N–H and O–H groups in total. The van der Waals surface area contributed by atoms with E-state index in [0.29, 0.717) is 48.8 Å². The van der Waals surface area contributed by atoms with Crippen LogP contribution in [-0.4, -0.2) is 46.8 Å². The second-order valence-electron chi connectivity index (χ2n) is 9.52. The number of methoxy groups -OCH3 is 1. The van der Waals surface area contributed by atoms with Crippen LogP contribution < -0.4 is 10.9 Å². The fourth-order valence-corrected chi connectivity index (χ4v) is 4.68. The molecule has 0 saturated heterocycles. The van der Waals surface area contributed by atoms with E-state index < -0.39 is 0 Å². The molecular formula is C26H40N4O3. The van der Waals surface area contributed by atoms with Crippen molar-refractivity contribution in [3.8, 4) is 0 Å². The van der Waals surface area contributed by atoms with Crippen LogP contribution in [0.4, 0.5) is 4.79 Å². The molecule has 2 amide bonds. The van der Waals surface area contributed by atoms with Crippen LogP contribution in [0.1, 0.15) is 77.6 Å². The summed E-state index contributed by atoms with van der Waals surface area (Å²) < 4.78 is 6.99. The molecule has 1 aliphatic carbocycles. The first-order valence-corrected chi connectivity index (χ1v) is 12.5. The standard InChI is InChI=1S/C26H40N4O3/c1-5-23(29(16-15-19(2)3)26(32)27-20-11-7-6-8-12-20)24-28-22-14-10-9-13-21(22)25(31)30(24)17-18-33-4/h9-10,13-14,19-20,23H,5-8,11-12,15-18H2,1-4H3,(H,27,32). The topological polar surface area (TPSA) is 76.5 Å². The molecule has 1 atom stereocenters. The van der Waals surface area contributed by atoms with E-state index in [1.807, 2.05) is 29.2 Å². The third-order valence-electron chi connectivity index (χ3n) is 6.61. The van der Waals surface area contributed by atoms with Crippen molar-refractivity contribution in [3.63, 3.8) is 0 Å². The minimum Gasteiger partial charge on any atom is -0.383 e. The number of nitrogens with zero attached hydrogens (tertiary/aromatic N) is 3. The number of hydrogen-bond acceptors (Lipinski definition) is 4. The molecule has 1 fully saturated rings. The summed E-state index contributed by atoms with van der Waals surface area (Å²) >= 11 is 0. The Hall–Kier alpha value is -2.41. The smallest absolute Gasteiger partial charge is 0.318 e. The number of fused-ring (bicyclic) bond motifs is 1. The summed E-state index contributed by atoms with van der Waals surface area (Å²) in [6, 6.07) is 7.32. The van der Waals surface area contributed by atoms with E-state index >= 15 is 0 Å². The monoisotopic (exact) mass is 456 g/mol. The molecule has 182 valence electrons. The fraction of sp³-hybridized carbons (Fsp3) is 0.654. The van der Waals surface area contributed by atoms with Gasteiger partial charge in [0.1, 0.15) is 5.82 Å². The summed E-state index contributed by atoms with van der Waals surface area (Å²) in [5.41, 5.74) is 0.587. The van der Waals surface area contributed by atoms with Crippen molar-refractivity contribution in [3.05, 3.63) is 40.4 Å². The molecule has 7 nitrogen and oxygen atoms in total. The van der Waals surface area contributed by atoms with E-state index in [1.54, 1.807) is 11.7 Å². The van der Waals surface area contributed by atoms with Gasteiger partial charge in [0.2, 0.25) is 0 Å². The molecule has 3 rings (SSSR count). The van der Waals surface area contributed by atoms with E-state index in [1.165, 1.54) is 6.42 Å². The lowest BCUT2D eigenvalue weighted by molar-refractivity contribution is 0.152. The number of rotatable bonds is 10. The molecule has 7 heteroatoms. The molecule has 0 spiro atoms. The number of para-hydroxylation sites is 1. The Balaban J connectivity index is 2.02. The highest BCUT2D eigenvalue weighted by atomic mass is 16.5. The molecule has 1 unspecified atom stereocenters. The van der Waals surface area contributed by atoms with Gasteiger partial charge in [0, 0.05) is 19.7 Å². The molecular weight excluding hydrogens is 416 g/mol. The van der Waals surface area contributed by atoms with Crippen LogP contribution in [-0.2, 0) is 11.3 Å². The summed E-state index contributed by atoms with van der Waals surface area (Å²) in [6.07, 6.45) is 7.21. The van der Waals surface area contributed by atoms with Crippen molar-refractivity contribution >= 4 is 16.9 Å². The summed E-state index contributed by atoms with van der Waals surface area (Å²) in [6.45, 7) is 7.83. The van der Waals surface area contributed by atoms with Crippen molar-refractivity contribution < 1.29 is 9.53 Å². The molecule has 1 aliphatic rings. The van der Waals surface area contributed by atoms with Crippen LogP contribution in [0.3, 0.4) is 0 Å². The minimum absolute atomic E-state index is 0.0462. The number of carbonyl (C=O) groups is 1. The van der Waals surface area contributed by atoms with Gasteiger partial charge in [-0.1, -0.05) is 52.2 Å². The van der Waals surface area contributed by atoms with Gasteiger partial charge in [-0.3, -0.25) is 9.36 Å². The molecule has 0 bridgehead atoms. The first kappa shape index (κ1) is 25.2. The van der Waals surface area contributed by atoms with Gasteiger partial charge in [-0.15, -0.1) is 0 Å².